The summed E-state index contributed by atoms with van der Waals surface area (Å²) in [6, 6.07) is 1.21. The summed E-state index contributed by atoms with van der Waals surface area (Å²) in [5, 5.41) is 21.0. The zero-order chi connectivity index (χ0) is 11.6. The summed E-state index contributed by atoms with van der Waals surface area (Å²) in [6.07, 6.45) is 0. The van der Waals surface area contributed by atoms with E-state index in [1.54, 1.807) is 7.05 Å². The highest BCUT2D eigenvalue weighted by Gasteiger charge is 2.19. The summed E-state index contributed by atoms with van der Waals surface area (Å²) in [6.45, 7) is 1.45. The minimum atomic E-state index is -1.08. The lowest BCUT2D eigenvalue weighted by Crippen LogP contribution is -2.19. The van der Waals surface area contributed by atoms with Gasteiger partial charge in [0, 0.05) is 0 Å². The van der Waals surface area contributed by atoms with E-state index in [4.69, 9.17) is 0 Å². The molecule has 0 unspecified atom stereocenters. The molecular formula is C10H12FNO3. The van der Waals surface area contributed by atoms with Gasteiger partial charge in [0.15, 0.2) is 23.1 Å². The van der Waals surface area contributed by atoms with Crippen LogP contribution in [-0.4, -0.2) is 29.6 Å². The summed E-state index contributed by atoms with van der Waals surface area (Å²) in [4.78, 5) is 11.4. The molecule has 0 spiro atoms. The monoisotopic (exact) mass is 213 g/mol. The summed E-state index contributed by atoms with van der Waals surface area (Å²) in [5.74, 6) is -2.98. The van der Waals surface area contributed by atoms with E-state index in [0.717, 1.165) is 0 Å². The standard InChI is InChI=1S/C10H12FNO3/c1-5-3-6(7(13)4-12-2)8(11)10(15)9(5)14/h3,12,14-15H,4H2,1-2H3. The van der Waals surface area contributed by atoms with Crippen LogP contribution in [0.25, 0.3) is 0 Å². The Hall–Kier alpha value is -1.62. The SMILES string of the molecule is CNCC(=O)c1cc(C)c(O)c(O)c1F. The first kappa shape index (κ1) is 11.5. The lowest BCUT2D eigenvalue weighted by Gasteiger charge is -2.07. The average molecular weight is 213 g/mol. The molecule has 0 aliphatic rings. The summed E-state index contributed by atoms with van der Waals surface area (Å²) in [5.41, 5.74) is 0.0329. The van der Waals surface area contributed by atoms with Crippen LogP contribution in [0.3, 0.4) is 0 Å². The number of phenolic OH excluding ortho intramolecular Hbond substituents is 2. The molecule has 0 aromatic heterocycles. The van der Waals surface area contributed by atoms with Crippen LogP contribution in [0.4, 0.5) is 4.39 Å². The quantitative estimate of drug-likeness (QED) is 0.516. The Balaban J connectivity index is 3.26. The second-order valence-corrected chi connectivity index (χ2v) is 3.21. The van der Waals surface area contributed by atoms with E-state index in [2.05, 4.69) is 5.32 Å². The third kappa shape index (κ3) is 2.07. The number of rotatable bonds is 3. The molecule has 1 aromatic rings. The molecule has 0 aliphatic heterocycles. The first-order valence-corrected chi connectivity index (χ1v) is 4.37. The van der Waals surface area contributed by atoms with E-state index in [1.165, 1.54) is 13.0 Å². The van der Waals surface area contributed by atoms with Crippen LogP contribution >= 0.6 is 0 Å². The number of Topliss-reactive ketones (excluding diaryl/α,β-unsaturated/α-hetero) is 1. The summed E-state index contributed by atoms with van der Waals surface area (Å²) in [7, 11) is 1.56. The number of benzene rings is 1. The van der Waals surface area contributed by atoms with Gasteiger partial charge in [0.05, 0.1) is 12.1 Å². The minimum absolute atomic E-state index is 0.0272. The van der Waals surface area contributed by atoms with Gasteiger partial charge < -0.3 is 15.5 Å². The highest BCUT2D eigenvalue weighted by molar-refractivity contribution is 5.98. The minimum Gasteiger partial charge on any atom is -0.504 e. The molecule has 0 aliphatic carbocycles. The second kappa shape index (κ2) is 4.27. The van der Waals surface area contributed by atoms with E-state index < -0.39 is 23.1 Å². The van der Waals surface area contributed by atoms with Crippen LogP contribution in [0.1, 0.15) is 15.9 Å². The van der Waals surface area contributed by atoms with E-state index in [-0.39, 0.29) is 17.7 Å². The first-order valence-electron chi connectivity index (χ1n) is 4.37. The Bertz CT molecular complexity index is 404. The average Bonchev–Trinajstić information content (AvgIpc) is 2.20. The predicted molar refractivity (Wildman–Crippen MR) is 52.7 cm³/mol. The number of aryl methyl sites for hydroxylation is 1. The maximum absolute atomic E-state index is 13.4. The van der Waals surface area contributed by atoms with Crippen molar-refractivity contribution in [3.8, 4) is 11.5 Å². The normalized spacial score (nSPS) is 10.3. The number of aromatic hydroxyl groups is 2. The Kier molecular flexibility index (Phi) is 3.26. The molecule has 0 fully saturated rings. The van der Waals surface area contributed by atoms with Crippen molar-refractivity contribution in [1.82, 2.24) is 5.32 Å². The lowest BCUT2D eigenvalue weighted by atomic mass is 10.1. The van der Waals surface area contributed by atoms with Crippen molar-refractivity contribution >= 4 is 5.78 Å². The van der Waals surface area contributed by atoms with Crippen LogP contribution in [0.15, 0.2) is 6.07 Å². The fourth-order valence-corrected chi connectivity index (χ4v) is 1.23. The van der Waals surface area contributed by atoms with Gasteiger partial charge in [0.25, 0.3) is 0 Å². The molecule has 3 N–H and O–H groups in total. The van der Waals surface area contributed by atoms with Gasteiger partial charge in [0.2, 0.25) is 0 Å². The van der Waals surface area contributed by atoms with Crippen LogP contribution in [-0.2, 0) is 0 Å². The molecule has 0 heterocycles. The summed E-state index contributed by atoms with van der Waals surface area (Å²) >= 11 is 0. The molecule has 0 amide bonds. The van der Waals surface area contributed by atoms with Crippen LogP contribution in [0, 0.1) is 12.7 Å². The lowest BCUT2D eigenvalue weighted by molar-refractivity contribution is 0.0988. The van der Waals surface area contributed by atoms with E-state index in [9.17, 15) is 19.4 Å². The van der Waals surface area contributed by atoms with Crippen molar-refractivity contribution in [2.75, 3.05) is 13.6 Å². The molecular weight excluding hydrogens is 201 g/mol. The number of hydrogen-bond donors (Lipinski definition) is 3. The van der Waals surface area contributed by atoms with Crippen molar-refractivity contribution in [1.29, 1.82) is 0 Å². The maximum atomic E-state index is 13.4. The Morgan fingerprint density at radius 2 is 2.07 bits per heavy atom. The molecule has 0 saturated heterocycles. The summed E-state index contributed by atoms with van der Waals surface area (Å²) < 4.78 is 13.4. The molecule has 0 radical (unpaired) electrons. The first-order chi connectivity index (χ1) is 6.99. The number of likely N-dealkylation sites (N-methyl/N-ethyl adjacent to an activating group) is 1. The number of halogens is 1. The number of nitrogens with one attached hydrogen (secondary N) is 1. The third-order valence-corrected chi connectivity index (χ3v) is 2.04. The van der Waals surface area contributed by atoms with Gasteiger partial charge in [-0.3, -0.25) is 4.79 Å². The third-order valence-electron chi connectivity index (χ3n) is 2.04. The number of ketones is 1. The van der Waals surface area contributed by atoms with Crippen molar-refractivity contribution in [3.63, 3.8) is 0 Å². The fourth-order valence-electron chi connectivity index (χ4n) is 1.23. The van der Waals surface area contributed by atoms with Gasteiger partial charge in [-0.1, -0.05) is 0 Å². The van der Waals surface area contributed by atoms with Gasteiger partial charge in [-0.2, -0.15) is 0 Å². The number of carbonyl (C=O) groups is 1. The zero-order valence-electron chi connectivity index (χ0n) is 8.47. The molecule has 0 saturated carbocycles. The molecule has 82 valence electrons. The zero-order valence-corrected chi connectivity index (χ0v) is 8.47. The molecule has 0 atom stereocenters. The Labute approximate surface area is 86.4 Å². The van der Waals surface area contributed by atoms with Crippen molar-refractivity contribution < 1.29 is 19.4 Å². The van der Waals surface area contributed by atoms with Crippen LogP contribution < -0.4 is 5.32 Å². The Morgan fingerprint density at radius 3 is 2.60 bits per heavy atom. The van der Waals surface area contributed by atoms with Gasteiger partial charge in [-0.05, 0) is 25.6 Å². The number of hydrogen-bond acceptors (Lipinski definition) is 4. The molecule has 1 aromatic carbocycles. The van der Waals surface area contributed by atoms with E-state index in [0.29, 0.717) is 0 Å². The van der Waals surface area contributed by atoms with Crippen molar-refractivity contribution in [2.45, 2.75) is 6.92 Å². The maximum Gasteiger partial charge on any atom is 0.195 e. The smallest absolute Gasteiger partial charge is 0.195 e. The van der Waals surface area contributed by atoms with Crippen molar-refractivity contribution in [2.24, 2.45) is 0 Å². The Morgan fingerprint density at radius 1 is 1.47 bits per heavy atom. The molecule has 4 nitrogen and oxygen atoms in total. The largest absolute Gasteiger partial charge is 0.504 e. The fraction of sp³-hybridized carbons (Fsp3) is 0.300. The number of phenols is 2. The van der Waals surface area contributed by atoms with E-state index in [1.807, 2.05) is 0 Å². The predicted octanol–water partition coefficient (Wildman–Crippen LogP) is 0.947. The van der Waals surface area contributed by atoms with Gasteiger partial charge in [-0.25, -0.2) is 4.39 Å². The van der Waals surface area contributed by atoms with Gasteiger partial charge in [0.1, 0.15) is 0 Å². The number of carbonyl (C=O) groups excluding carboxylic acids is 1. The molecule has 1 rings (SSSR count). The highest BCUT2D eigenvalue weighted by atomic mass is 19.1. The molecule has 5 heteroatoms. The molecule has 15 heavy (non-hydrogen) atoms. The van der Waals surface area contributed by atoms with Gasteiger partial charge >= 0.3 is 0 Å². The van der Waals surface area contributed by atoms with Crippen LogP contribution in [0.5, 0.6) is 11.5 Å². The van der Waals surface area contributed by atoms with E-state index >= 15 is 0 Å². The second-order valence-electron chi connectivity index (χ2n) is 3.21. The topological polar surface area (TPSA) is 69.6 Å². The molecule has 0 bridgehead atoms. The highest BCUT2D eigenvalue weighted by Crippen LogP contribution is 2.33. The van der Waals surface area contributed by atoms with Gasteiger partial charge in [-0.15, -0.1) is 0 Å². The van der Waals surface area contributed by atoms with Crippen molar-refractivity contribution in [3.05, 3.63) is 23.0 Å². The van der Waals surface area contributed by atoms with Crippen LogP contribution in [0.2, 0.25) is 0 Å².